The van der Waals surface area contributed by atoms with Gasteiger partial charge in [0.2, 0.25) is 5.91 Å². The van der Waals surface area contributed by atoms with E-state index in [-0.39, 0.29) is 17.2 Å². The van der Waals surface area contributed by atoms with Crippen LogP contribution in [0.2, 0.25) is 5.02 Å². The Morgan fingerprint density at radius 2 is 2.18 bits per heavy atom. The Morgan fingerprint density at radius 1 is 1.45 bits per heavy atom. The maximum atomic E-state index is 12.1. The van der Waals surface area contributed by atoms with Gasteiger partial charge in [0.05, 0.1) is 24.5 Å². The van der Waals surface area contributed by atoms with Gasteiger partial charge in [0.1, 0.15) is 0 Å². The van der Waals surface area contributed by atoms with Crippen LogP contribution in [-0.4, -0.2) is 55.2 Å². The molecule has 4 nitrogen and oxygen atoms in total. The lowest BCUT2D eigenvalue weighted by Crippen LogP contribution is -2.44. The number of hydrogen-bond acceptors (Lipinski definition) is 4. The number of halogens is 1. The molecule has 0 saturated carbocycles. The summed E-state index contributed by atoms with van der Waals surface area (Å²) in [6.07, 6.45) is 1.95. The maximum Gasteiger partial charge on any atom is 0.232 e. The summed E-state index contributed by atoms with van der Waals surface area (Å²) < 4.78 is 5.43. The van der Waals surface area contributed by atoms with E-state index in [1.807, 2.05) is 31.4 Å². The van der Waals surface area contributed by atoms with Crippen LogP contribution in [0.5, 0.6) is 0 Å². The number of morpholine rings is 1. The third-order valence-electron chi connectivity index (χ3n) is 3.91. The first-order valence-corrected chi connectivity index (χ1v) is 9.16. The average molecular weight is 343 g/mol. The molecular formula is C16H23ClN2O2S. The Morgan fingerprint density at radius 3 is 2.82 bits per heavy atom. The average Bonchev–Trinajstić information content (AvgIpc) is 2.55. The lowest BCUT2D eigenvalue weighted by atomic mass is 10.0. The van der Waals surface area contributed by atoms with Crippen LogP contribution in [0.25, 0.3) is 0 Å². The molecule has 1 aromatic rings. The second-order valence-corrected chi connectivity index (χ2v) is 6.96. The van der Waals surface area contributed by atoms with Crippen molar-refractivity contribution in [3.05, 3.63) is 34.9 Å². The van der Waals surface area contributed by atoms with Crippen molar-refractivity contribution in [1.82, 2.24) is 10.2 Å². The van der Waals surface area contributed by atoms with Crippen LogP contribution in [0.3, 0.4) is 0 Å². The molecule has 1 saturated heterocycles. The first-order valence-electron chi connectivity index (χ1n) is 7.49. The largest absolute Gasteiger partial charge is 0.379 e. The van der Waals surface area contributed by atoms with Gasteiger partial charge in [-0.1, -0.05) is 23.7 Å². The number of nitrogens with one attached hydrogen (secondary N) is 1. The van der Waals surface area contributed by atoms with E-state index in [2.05, 4.69) is 16.3 Å². The molecule has 2 rings (SSSR count). The Kier molecular flexibility index (Phi) is 7.02. The number of hydrogen-bond donors (Lipinski definition) is 1. The molecule has 1 fully saturated rings. The summed E-state index contributed by atoms with van der Waals surface area (Å²) in [6, 6.07) is 8.00. The monoisotopic (exact) mass is 342 g/mol. The van der Waals surface area contributed by atoms with E-state index < -0.39 is 0 Å². The fourth-order valence-corrected chi connectivity index (χ4v) is 3.00. The first-order chi connectivity index (χ1) is 10.6. The number of thioether (sulfide) groups is 1. The van der Waals surface area contributed by atoms with Crippen LogP contribution in [0.4, 0.5) is 0 Å². The Hall–Kier alpha value is -0.750. The number of carbonyl (C=O) groups is 1. The van der Waals surface area contributed by atoms with E-state index in [9.17, 15) is 4.79 Å². The predicted molar refractivity (Wildman–Crippen MR) is 92.6 cm³/mol. The molecule has 22 heavy (non-hydrogen) atoms. The van der Waals surface area contributed by atoms with Crippen molar-refractivity contribution in [2.24, 2.45) is 0 Å². The SMILES string of the molecule is CS[C@H](C)C(=O)NC[C@H](c1cccc(Cl)c1)N1CCOCC1. The van der Waals surface area contributed by atoms with Crippen LogP contribution >= 0.6 is 23.4 Å². The van der Waals surface area contributed by atoms with Crippen molar-refractivity contribution >= 4 is 29.3 Å². The van der Waals surface area contributed by atoms with Crippen molar-refractivity contribution < 1.29 is 9.53 Å². The third kappa shape index (κ3) is 4.88. The van der Waals surface area contributed by atoms with Gasteiger partial charge in [0.15, 0.2) is 0 Å². The number of benzene rings is 1. The Balaban J connectivity index is 2.09. The van der Waals surface area contributed by atoms with Crippen molar-refractivity contribution in [2.75, 3.05) is 39.1 Å². The molecule has 1 aliphatic rings. The molecular weight excluding hydrogens is 320 g/mol. The van der Waals surface area contributed by atoms with Crippen LogP contribution < -0.4 is 5.32 Å². The van der Waals surface area contributed by atoms with Gasteiger partial charge in [-0.25, -0.2) is 0 Å². The van der Waals surface area contributed by atoms with E-state index in [0.29, 0.717) is 6.54 Å². The molecule has 1 amide bonds. The lowest BCUT2D eigenvalue weighted by Gasteiger charge is -2.35. The summed E-state index contributed by atoms with van der Waals surface area (Å²) in [5.41, 5.74) is 1.13. The smallest absolute Gasteiger partial charge is 0.232 e. The van der Waals surface area contributed by atoms with Gasteiger partial charge >= 0.3 is 0 Å². The van der Waals surface area contributed by atoms with E-state index in [0.717, 1.165) is 36.9 Å². The van der Waals surface area contributed by atoms with E-state index in [4.69, 9.17) is 16.3 Å². The van der Waals surface area contributed by atoms with Crippen LogP contribution in [-0.2, 0) is 9.53 Å². The van der Waals surface area contributed by atoms with Crippen LogP contribution in [0.1, 0.15) is 18.5 Å². The van der Waals surface area contributed by atoms with Gasteiger partial charge in [-0.3, -0.25) is 9.69 Å². The fraction of sp³-hybridized carbons (Fsp3) is 0.562. The zero-order chi connectivity index (χ0) is 15.9. The van der Waals surface area contributed by atoms with E-state index >= 15 is 0 Å². The number of nitrogens with zero attached hydrogens (tertiary/aromatic N) is 1. The summed E-state index contributed by atoms with van der Waals surface area (Å²) in [5.74, 6) is 0.0767. The topological polar surface area (TPSA) is 41.6 Å². The van der Waals surface area contributed by atoms with Crippen LogP contribution in [0.15, 0.2) is 24.3 Å². The molecule has 6 heteroatoms. The standard InChI is InChI=1S/C16H23ClN2O2S/c1-12(22-2)16(20)18-11-15(19-6-8-21-9-7-19)13-4-3-5-14(17)10-13/h3-5,10,12,15H,6-9,11H2,1-2H3,(H,18,20)/t12-,15-/m1/s1. The van der Waals surface area contributed by atoms with Gasteiger partial charge in [-0.05, 0) is 30.9 Å². The first kappa shape index (κ1) is 17.6. The van der Waals surface area contributed by atoms with Crippen molar-refractivity contribution in [1.29, 1.82) is 0 Å². The summed E-state index contributed by atoms with van der Waals surface area (Å²) in [5, 5.41) is 3.75. The van der Waals surface area contributed by atoms with Gasteiger partial charge < -0.3 is 10.1 Å². The van der Waals surface area contributed by atoms with Gasteiger partial charge in [-0.2, -0.15) is 11.8 Å². The highest BCUT2D eigenvalue weighted by Gasteiger charge is 2.24. The molecule has 1 heterocycles. The fourth-order valence-electron chi connectivity index (χ4n) is 2.51. The number of carbonyl (C=O) groups excluding carboxylic acids is 1. The van der Waals surface area contributed by atoms with Gasteiger partial charge in [0.25, 0.3) is 0 Å². The molecule has 0 spiro atoms. The Bertz CT molecular complexity index is 495. The van der Waals surface area contributed by atoms with Gasteiger partial charge in [-0.15, -0.1) is 0 Å². The quantitative estimate of drug-likeness (QED) is 0.862. The highest BCUT2D eigenvalue weighted by molar-refractivity contribution is 7.99. The van der Waals surface area contributed by atoms with E-state index in [1.165, 1.54) is 0 Å². The summed E-state index contributed by atoms with van der Waals surface area (Å²) in [7, 11) is 0. The second-order valence-electron chi connectivity index (χ2n) is 5.34. The number of ether oxygens (including phenoxy) is 1. The molecule has 1 aliphatic heterocycles. The molecule has 0 radical (unpaired) electrons. The van der Waals surface area contributed by atoms with Gasteiger partial charge in [0, 0.05) is 24.7 Å². The summed E-state index contributed by atoms with van der Waals surface area (Å²) in [6.45, 7) is 5.70. The molecule has 1 N–H and O–H groups in total. The molecule has 2 atom stereocenters. The lowest BCUT2D eigenvalue weighted by molar-refractivity contribution is -0.120. The van der Waals surface area contributed by atoms with Crippen LogP contribution in [0, 0.1) is 0 Å². The van der Waals surface area contributed by atoms with Crippen molar-refractivity contribution in [3.63, 3.8) is 0 Å². The predicted octanol–water partition coefficient (Wildman–Crippen LogP) is 2.58. The summed E-state index contributed by atoms with van der Waals surface area (Å²) in [4.78, 5) is 14.4. The zero-order valence-electron chi connectivity index (χ0n) is 13.0. The number of amides is 1. The molecule has 0 unspecified atom stereocenters. The Labute approximate surface area is 141 Å². The normalized spacial score (nSPS) is 18.7. The second kappa shape index (κ2) is 8.77. The minimum absolute atomic E-state index is 0.0373. The molecule has 0 bridgehead atoms. The molecule has 0 aliphatic carbocycles. The van der Waals surface area contributed by atoms with Crippen molar-refractivity contribution in [2.45, 2.75) is 18.2 Å². The maximum absolute atomic E-state index is 12.1. The zero-order valence-corrected chi connectivity index (χ0v) is 14.6. The molecule has 122 valence electrons. The van der Waals surface area contributed by atoms with E-state index in [1.54, 1.807) is 11.8 Å². The third-order valence-corrected chi connectivity index (χ3v) is 5.07. The molecule has 1 aromatic carbocycles. The minimum atomic E-state index is -0.0373. The summed E-state index contributed by atoms with van der Waals surface area (Å²) >= 11 is 7.68. The molecule has 0 aromatic heterocycles. The highest BCUT2D eigenvalue weighted by Crippen LogP contribution is 2.24. The minimum Gasteiger partial charge on any atom is -0.379 e. The highest BCUT2D eigenvalue weighted by atomic mass is 35.5. The van der Waals surface area contributed by atoms with Crippen molar-refractivity contribution in [3.8, 4) is 0 Å². The number of rotatable bonds is 6.